The molecule has 0 aromatic heterocycles. The molecule has 4 nitrogen and oxygen atoms in total. The molecule has 0 amide bonds. The number of likely N-dealkylation sites (tertiary alicyclic amines) is 1. The fraction of sp³-hybridized carbons (Fsp3) is 0.786. The number of rotatable bonds is 6. The Balaban J connectivity index is 2.71. The molecule has 104 valence electrons. The summed E-state index contributed by atoms with van der Waals surface area (Å²) in [5.74, 6) is -0.136. The van der Waals surface area contributed by atoms with Crippen molar-refractivity contribution in [3.63, 3.8) is 0 Å². The SMILES string of the molecule is C=CCNC1(C(=O)OC)CCCN(CCC)CC1. The van der Waals surface area contributed by atoms with Gasteiger partial charge in [-0.15, -0.1) is 6.58 Å². The van der Waals surface area contributed by atoms with E-state index in [2.05, 4.69) is 23.7 Å². The Bertz CT molecular complexity index is 281. The fourth-order valence-corrected chi connectivity index (χ4v) is 2.65. The number of carbonyl (C=O) groups excluding carboxylic acids is 1. The van der Waals surface area contributed by atoms with E-state index in [1.807, 2.05) is 0 Å². The Labute approximate surface area is 110 Å². The van der Waals surface area contributed by atoms with Crippen molar-refractivity contribution in [3.8, 4) is 0 Å². The van der Waals surface area contributed by atoms with Gasteiger partial charge in [-0.1, -0.05) is 13.0 Å². The zero-order valence-corrected chi connectivity index (χ0v) is 11.7. The van der Waals surface area contributed by atoms with Crippen LogP contribution in [0.1, 0.15) is 32.6 Å². The molecular weight excluding hydrogens is 228 g/mol. The summed E-state index contributed by atoms with van der Waals surface area (Å²) in [6.07, 6.45) is 5.63. The number of hydrogen-bond acceptors (Lipinski definition) is 4. The van der Waals surface area contributed by atoms with Gasteiger partial charge in [0.05, 0.1) is 7.11 Å². The minimum absolute atomic E-state index is 0.136. The quantitative estimate of drug-likeness (QED) is 0.577. The van der Waals surface area contributed by atoms with Crippen molar-refractivity contribution in [1.82, 2.24) is 10.2 Å². The molecule has 1 heterocycles. The first kappa shape index (κ1) is 15.2. The van der Waals surface area contributed by atoms with Crippen LogP contribution in [0.15, 0.2) is 12.7 Å². The van der Waals surface area contributed by atoms with Crippen LogP contribution in [0.3, 0.4) is 0 Å². The largest absolute Gasteiger partial charge is 0.468 e. The summed E-state index contributed by atoms with van der Waals surface area (Å²) in [4.78, 5) is 14.5. The smallest absolute Gasteiger partial charge is 0.326 e. The lowest BCUT2D eigenvalue weighted by Gasteiger charge is -2.30. The molecular formula is C14H26N2O2. The Hall–Kier alpha value is -0.870. The average Bonchev–Trinajstić information content (AvgIpc) is 2.60. The van der Waals surface area contributed by atoms with Crippen LogP contribution in [0.4, 0.5) is 0 Å². The number of nitrogens with one attached hydrogen (secondary N) is 1. The van der Waals surface area contributed by atoms with E-state index < -0.39 is 5.54 Å². The molecule has 0 radical (unpaired) electrons. The first-order valence-corrected chi connectivity index (χ1v) is 6.85. The van der Waals surface area contributed by atoms with E-state index in [-0.39, 0.29) is 5.97 Å². The van der Waals surface area contributed by atoms with Crippen molar-refractivity contribution >= 4 is 5.97 Å². The molecule has 1 rings (SSSR count). The van der Waals surface area contributed by atoms with Crippen molar-refractivity contribution in [3.05, 3.63) is 12.7 Å². The number of esters is 1. The summed E-state index contributed by atoms with van der Waals surface area (Å²) >= 11 is 0. The molecule has 1 aliphatic rings. The van der Waals surface area contributed by atoms with Gasteiger partial charge in [-0.05, 0) is 38.8 Å². The van der Waals surface area contributed by atoms with Crippen LogP contribution < -0.4 is 5.32 Å². The predicted molar refractivity (Wildman–Crippen MR) is 73.5 cm³/mol. The monoisotopic (exact) mass is 254 g/mol. The topological polar surface area (TPSA) is 41.6 Å². The summed E-state index contributed by atoms with van der Waals surface area (Å²) in [6.45, 7) is 9.67. The lowest BCUT2D eigenvalue weighted by molar-refractivity contribution is -0.149. The number of nitrogens with zero attached hydrogens (tertiary/aromatic N) is 1. The Morgan fingerprint density at radius 3 is 2.89 bits per heavy atom. The summed E-state index contributed by atoms with van der Waals surface area (Å²) in [7, 11) is 1.47. The summed E-state index contributed by atoms with van der Waals surface area (Å²) in [6, 6.07) is 0. The van der Waals surface area contributed by atoms with Crippen LogP contribution in [0.5, 0.6) is 0 Å². The highest BCUT2D eigenvalue weighted by Gasteiger charge is 2.39. The van der Waals surface area contributed by atoms with Crippen molar-refractivity contribution in [1.29, 1.82) is 0 Å². The van der Waals surface area contributed by atoms with Gasteiger partial charge in [0.2, 0.25) is 0 Å². The van der Waals surface area contributed by atoms with E-state index in [9.17, 15) is 4.79 Å². The Kier molecular flexibility index (Phi) is 6.36. The third-order valence-corrected chi connectivity index (χ3v) is 3.63. The highest BCUT2D eigenvalue weighted by atomic mass is 16.5. The van der Waals surface area contributed by atoms with E-state index in [1.165, 1.54) is 7.11 Å². The van der Waals surface area contributed by atoms with E-state index in [0.717, 1.165) is 45.3 Å². The standard InChI is InChI=1S/C14H26N2O2/c1-4-9-15-14(13(17)18-3)7-6-11-16(10-5-2)12-8-14/h4,15H,1,5-12H2,2-3H3. The molecule has 1 fully saturated rings. The molecule has 1 saturated heterocycles. The van der Waals surface area contributed by atoms with Crippen LogP contribution in [-0.4, -0.2) is 49.7 Å². The third kappa shape index (κ3) is 3.82. The third-order valence-electron chi connectivity index (χ3n) is 3.63. The molecule has 0 bridgehead atoms. The second-order valence-corrected chi connectivity index (χ2v) is 4.94. The maximum Gasteiger partial charge on any atom is 0.326 e. The van der Waals surface area contributed by atoms with Crippen molar-refractivity contribution in [2.75, 3.05) is 33.3 Å². The number of ether oxygens (including phenoxy) is 1. The zero-order chi connectivity index (χ0) is 13.4. The molecule has 1 N–H and O–H groups in total. The van der Waals surface area contributed by atoms with Gasteiger partial charge in [-0.25, -0.2) is 0 Å². The van der Waals surface area contributed by atoms with Gasteiger partial charge < -0.3 is 9.64 Å². The van der Waals surface area contributed by atoms with Crippen LogP contribution >= 0.6 is 0 Å². The van der Waals surface area contributed by atoms with Gasteiger partial charge in [-0.2, -0.15) is 0 Å². The molecule has 1 unspecified atom stereocenters. The predicted octanol–water partition coefficient (Wildman–Crippen LogP) is 1.57. The number of methoxy groups -OCH3 is 1. The zero-order valence-electron chi connectivity index (χ0n) is 11.7. The lowest BCUT2D eigenvalue weighted by Crippen LogP contribution is -2.53. The Morgan fingerprint density at radius 1 is 1.50 bits per heavy atom. The second kappa shape index (κ2) is 7.54. The first-order valence-electron chi connectivity index (χ1n) is 6.85. The average molecular weight is 254 g/mol. The Morgan fingerprint density at radius 2 is 2.28 bits per heavy atom. The van der Waals surface area contributed by atoms with Gasteiger partial charge in [0.25, 0.3) is 0 Å². The molecule has 18 heavy (non-hydrogen) atoms. The second-order valence-electron chi connectivity index (χ2n) is 4.94. The first-order chi connectivity index (χ1) is 8.68. The van der Waals surface area contributed by atoms with E-state index in [1.54, 1.807) is 6.08 Å². The van der Waals surface area contributed by atoms with Gasteiger partial charge in [0, 0.05) is 13.1 Å². The van der Waals surface area contributed by atoms with Crippen LogP contribution in [-0.2, 0) is 9.53 Å². The maximum absolute atomic E-state index is 12.1. The molecule has 0 saturated carbocycles. The van der Waals surface area contributed by atoms with Gasteiger partial charge in [-0.3, -0.25) is 10.1 Å². The molecule has 0 aliphatic carbocycles. The normalized spacial score (nSPS) is 25.4. The molecule has 1 aliphatic heterocycles. The van der Waals surface area contributed by atoms with Gasteiger partial charge in [0.1, 0.15) is 5.54 Å². The molecule has 0 spiro atoms. The van der Waals surface area contributed by atoms with E-state index in [0.29, 0.717) is 6.54 Å². The van der Waals surface area contributed by atoms with Crippen LogP contribution in [0.25, 0.3) is 0 Å². The molecule has 4 heteroatoms. The van der Waals surface area contributed by atoms with Gasteiger partial charge >= 0.3 is 5.97 Å². The highest BCUT2D eigenvalue weighted by Crippen LogP contribution is 2.24. The van der Waals surface area contributed by atoms with Gasteiger partial charge in [0.15, 0.2) is 0 Å². The summed E-state index contributed by atoms with van der Waals surface area (Å²) in [5, 5.41) is 3.32. The molecule has 0 aromatic rings. The summed E-state index contributed by atoms with van der Waals surface area (Å²) < 4.78 is 4.99. The maximum atomic E-state index is 12.1. The summed E-state index contributed by atoms with van der Waals surface area (Å²) in [5.41, 5.74) is -0.522. The number of carbonyl (C=O) groups is 1. The lowest BCUT2D eigenvalue weighted by atomic mass is 9.90. The van der Waals surface area contributed by atoms with Crippen LogP contribution in [0.2, 0.25) is 0 Å². The van der Waals surface area contributed by atoms with E-state index >= 15 is 0 Å². The number of hydrogen-bond donors (Lipinski definition) is 1. The highest BCUT2D eigenvalue weighted by molar-refractivity contribution is 5.80. The minimum Gasteiger partial charge on any atom is -0.468 e. The van der Waals surface area contributed by atoms with E-state index in [4.69, 9.17) is 4.74 Å². The minimum atomic E-state index is -0.522. The van der Waals surface area contributed by atoms with Crippen molar-refractivity contribution in [2.24, 2.45) is 0 Å². The molecule has 0 aromatic carbocycles. The molecule has 1 atom stereocenters. The van der Waals surface area contributed by atoms with Crippen molar-refractivity contribution in [2.45, 2.75) is 38.1 Å². The van der Waals surface area contributed by atoms with Crippen molar-refractivity contribution < 1.29 is 9.53 Å². The van der Waals surface area contributed by atoms with Crippen LogP contribution in [0, 0.1) is 0 Å². The fourth-order valence-electron chi connectivity index (χ4n) is 2.65.